The number of halogens is 2. The van der Waals surface area contributed by atoms with Crippen LogP contribution in [-0.2, 0) is 0 Å². The second-order valence-electron chi connectivity index (χ2n) is 4.24. The molecule has 1 amide bonds. The number of rotatable bonds is 5. The van der Waals surface area contributed by atoms with Crippen molar-refractivity contribution >= 4 is 33.6 Å². The van der Waals surface area contributed by atoms with E-state index in [1.165, 1.54) is 23.9 Å². The van der Waals surface area contributed by atoms with Crippen LogP contribution in [0.5, 0.6) is 0 Å². The second-order valence-corrected chi connectivity index (χ2v) is 5.96. The third-order valence-electron chi connectivity index (χ3n) is 2.26. The smallest absolute Gasteiger partial charge is 0.252 e. The molecule has 0 heterocycles. The normalized spacial score (nSPS) is 14.1. The van der Waals surface area contributed by atoms with Crippen molar-refractivity contribution in [3.8, 4) is 0 Å². The third-order valence-corrected chi connectivity index (χ3v) is 3.86. The lowest BCUT2D eigenvalue weighted by atomic mass is 10.1. The van der Waals surface area contributed by atoms with Gasteiger partial charge < -0.3 is 10.4 Å². The number of hydrogen-bond donors (Lipinski definition) is 2. The monoisotopic (exact) mass is 335 g/mol. The van der Waals surface area contributed by atoms with Crippen LogP contribution in [0, 0.1) is 5.82 Å². The molecule has 0 unspecified atom stereocenters. The van der Waals surface area contributed by atoms with E-state index in [0.29, 0.717) is 10.2 Å². The van der Waals surface area contributed by atoms with Gasteiger partial charge in [0.1, 0.15) is 5.82 Å². The average molecular weight is 336 g/mol. The molecule has 1 aromatic carbocycles. The first-order chi connectivity index (χ1) is 8.35. The Balaban J connectivity index is 2.69. The summed E-state index contributed by atoms with van der Waals surface area (Å²) >= 11 is 4.68. The van der Waals surface area contributed by atoms with Crippen LogP contribution in [0.25, 0.3) is 0 Å². The van der Waals surface area contributed by atoms with Crippen molar-refractivity contribution in [2.45, 2.75) is 12.5 Å². The highest BCUT2D eigenvalue weighted by atomic mass is 79.9. The van der Waals surface area contributed by atoms with Crippen molar-refractivity contribution < 1.29 is 14.3 Å². The van der Waals surface area contributed by atoms with Gasteiger partial charge in [-0.15, -0.1) is 0 Å². The Bertz CT molecular complexity index is 440. The number of nitrogens with one attached hydrogen (secondary N) is 1. The van der Waals surface area contributed by atoms with Crippen LogP contribution in [0.2, 0.25) is 0 Å². The minimum atomic E-state index is -0.977. The van der Waals surface area contributed by atoms with Gasteiger partial charge in [-0.25, -0.2) is 4.39 Å². The van der Waals surface area contributed by atoms with Crippen molar-refractivity contribution in [2.75, 3.05) is 18.6 Å². The van der Waals surface area contributed by atoms with Crippen LogP contribution in [0.4, 0.5) is 4.39 Å². The fourth-order valence-electron chi connectivity index (χ4n) is 1.40. The largest absolute Gasteiger partial charge is 0.387 e. The van der Waals surface area contributed by atoms with Crippen LogP contribution in [0.3, 0.4) is 0 Å². The number of aliphatic hydroxyl groups is 1. The summed E-state index contributed by atoms with van der Waals surface area (Å²) in [7, 11) is 0. The van der Waals surface area contributed by atoms with Gasteiger partial charge >= 0.3 is 0 Å². The summed E-state index contributed by atoms with van der Waals surface area (Å²) in [6.07, 6.45) is 1.87. The summed E-state index contributed by atoms with van der Waals surface area (Å²) in [5.41, 5.74) is -0.760. The van der Waals surface area contributed by atoms with Gasteiger partial charge in [0.2, 0.25) is 0 Å². The zero-order chi connectivity index (χ0) is 13.8. The van der Waals surface area contributed by atoms with Gasteiger partial charge in [-0.2, -0.15) is 11.8 Å². The van der Waals surface area contributed by atoms with E-state index in [1.54, 1.807) is 6.92 Å². The maximum absolute atomic E-state index is 13.0. The molecule has 2 N–H and O–H groups in total. The van der Waals surface area contributed by atoms with E-state index in [2.05, 4.69) is 21.2 Å². The van der Waals surface area contributed by atoms with E-state index in [4.69, 9.17) is 0 Å². The van der Waals surface area contributed by atoms with Crippen LogP contribution < -0.4 is 5.32 Å². The van der Waals surface area contributed by atoms with Gasteiger partial charge in [0.15, 0.2) is 0 Å². The Morgan fingerprint density at radius 3 is 2.89 bits per heavy atom. The Morgan fingerprint density at radius 2 is 2.28 bits per heavy atom. The highest BCUT2D eigenvalue weighted by molar-refractivity contribution is 9.10. The predicted molar refractivity (Wildman–Crippen MR) is 75.4 cm³/mol. The molecule has 0 fully saturated rings. The summed E-state index contributed by atoms with van der Waals surface area (Å²) in [6.45, 7) is 1.76. The molecule has 0 saturated heterocycles. The van der Waals surface area contributed by atoms with E-state index < -0.39 is 17.3 Å². The van der Waals surface area contributed by atoms with Gasteiger partial charge in [-0.1, -0.05) is 0 Å². The third kappa shape index (κ3) is 4.59. The number of amides is 1. The van der Waals surface area contributed by atoms with Crippen molar-refractivity contribution in [1.29, 1.82) is 0 Å². The molecule has 0 radical (unpaired) electrons. The minimum absolute atomic E-state index is 0.121. The second kappa shape index (κ2) is 6.54. The lowest BCUT2D eigenvalue weighted by molar-refractivity contribution is 0.0724. The number of hydrogen-bond acceptors (Lipinski definition) is 3. The lowest BCUT2D eigenvalue weighted by Gasteiger charge is -2.22. The zero-order valence-corrected chi connectivity index (χ0v) is 12.6. The van der Waals surface area contributed by atoms with Gasteiger partial charge in [-0.05, 0) is 47.3 Å². The van der Waals surface area contributed by atoms with E-state index in [1.807, 2.05) is 6.26 Å². The summed E-state index contributed by atoms with van der Waals surface area (Å²) in [5, 5.41) is 12.5. The average Bonchev–Trinajstić information content (AvgIpc) is 2.29. The van der Waals surface area contributed by atoms with Crippen molar-refractivity contribution in [3.05, 3.63) is 34.1 Å². The van der Waals surface area contributed by atoms with Gasteiger partial charge in [-0.3, -0.25) is 4.79 Å². The van der Waals surface area contributed by atoms with Crippen molar-refractivity contribution in [3.63, 3.8) is 0 Å². The maximum atomic E-state index is 13.0. The first-order valence-electron chi connectivity index (χ1n) is 5.30. The molecule has 0 saturated carbocycles. The Hall–Kier alpha value is -0.590. The van der Waals surface area contributed by atoms with Gasteiger partial charge in [0.05, 0.1) is 11.2 Å². The molecule has 1 atom stereocenters. The van der Waals surface area contributed by atoms with Crippen LogP contribution >= 0.6 is 27.7 Å². The van der Waals surface area contributed by atoms with Gasteiger partial charge in [0.25, 0.3) is 5.91 Å². The summed E-state index contributed by atoms with van der Waals surface area (Å²) in [4.78, 5) is 11.8. The van der Waals surface area contributed by atoms with Gasteiger partial charge in [0, 0.05) is 16.8 Å². The first-order valence-corrected chi connectivity index (χ1v) is 7.49. The molecular weight excluding hydrogens is 321 g/mol. The van der Waals surface area contributed by atoms with Crippen LogP contribution in [0.1, 0.15) is 17.3 Å². The molecule has 1 aromatic rings. The summed E-state index contributed by atoms with van der Waals surface area (Å²) in [5.74, 6) is -0.376. The maximum Gasteiger partial charge on any atom is 0.252 e. The highest BCUT2D eigenvalue weighted by Crippen LogP contribution is 2.18. The van der Waals surface area contributed by atoms with Crippen LogP contribution in [-0.4, -0.2) is 35.2 Å². The van der Waals surface area contributed by atoms with E-state index in [0.717, 1.165) is 6.07 Å². The quantitative estimate of drug-likeness (QED) is 0.868. The predicted octanol–water partition coefficient (Wildman–Crippen LogP) is 2.43. The molecule has 6 heteroatoms. The van der Waals surface area contributed by atoms with E-state index >= 15 is 0 Å². The minimum Gasteiger partial charge on any atom is -0.387 e. The van der Waals surface area contributed by atoms with Crippen molar-refractivity contribution in [2.24, 2.45) is 0 Å². The highest BCUT2D eigenvalue weighted by Gasteiger charge is 2.21. The molecule has 1 rings (SSSR count). The topological polar surface area (TPSA) is 49.3 Å². The Morgan fingerprint density at radius 1 is 1.61 bits per heavy atom. The molecule has 100 valence electrons. The molecule has 0 aliphatic rings. The van der Waals surface area contributed by atoms with E-state index in [9.17, 15) is 14.3 Å². The molecule has 0 spiro atoms. The van der Waals surface area contributed by atoms with Crippen LogP contribution in [0.15, 0.2) is 22.7 Å². The molecule has 0 bridgehead atoms. The molecule has 0 aliphatic heterocycles. The van der Waals surface area contributed by atoms with E-state index in [-0.39, 0.29) is 12.1 Å². The lowest BCUT2D eigenvalue weighted by Crippen LogP contribution is -2.42. The molecule has 3 nitrogen and oxygen atoms in total. The molecule has 18 heavy (non-hydrogen) atoms. The fourth-order valence-corrected chi connectivity index (χ4v) is 2.55. The fraction of sp³-hybridized carbons (Fsp3) is 0.417. The summed E-state index contributed by atoms with van der Waals surface area (Å²) in [6, 6.07) is 3.90. The molecule has 0 aliphatic carbocycles. The Kier molecular flexibility index (Phi) is 5.62. The number of thioether (sulfide) groups is 1. The number of carbonyl (C=O) groups excluding carboxylic acids is 1. The Labute approximate surface area is 118 Å². The first kappa shape index (κ1) is 15.5. The molecular formula is C12H15BrFNO2S. The summed E-state index contributed by atoms with van der Waals surface area (Å²) < 4.78 is 13.6. The zero-order valence-electron chi connectivity index (χ0n) is 10.2. The number of benzene rings is 1. The molecule has 0 aromatic heterocycles. The SMILES string of the molecule is CSC[C@@](C)(O)CNC(=O)c1cc(F)ccc1Br. The number of carbonyl (C=O) groups is 1. The standard InChI is InChI=1S/C12H15BrFNO2S/c1-12(17,7-18-2)6-15-11(16)9-5-8(14)3-4-10(9)13/h3-5,17H,6-7H2,1-2H3,(H,15,16)/t12-/m0/s1. The van der Waals surface area contributed by atoms with Crippen molar-refractivity contribution in [1.82, 2.24) is 5.32 Å².